The van der Waals surface area contributed by atoms with Crippen LogP contribution in [0, 0.1) is 5.92 Å². The summed E-state index contributed by atoms with van der Waals surface area (Å²) in [5, 5.41) is 34.7. The highest BCUT2D eigenvalue weighted by Crippen LogP contribution is 2.11. The minimum absolute atomic E-state index is 0.0610. The first kappa shape index (κ1) is 28.4. The summed E-state index contributed by atoms with van der Waals surface area (Å²) in [6.07, 6.45) is -0.206. The third kappa shape index (κ3) is 9.06. The molecule has 0 heterocycles. The fraction of sp³-hybridized carbons (Fsp3) is 0.500. The Morgan fingerprint density at radius 3 is 2.00 bits per heavy atom. The SMILES string of the molecule is CCC(C)C(NC(=O)C(CC(=O)O)NC(=O)C(C)NC(=O)C(N)Cc1ccc(O)cc1)C(=O)O. The van der Waals surface area contributed by atoms with Gasteiger partial charge < -0.3 is 37.0 Å². The number of aromatic hydroxyl groups is 1. The smallest absolute Gasteiger partial charge is 0.326 e. The Balaban J connectivity index is 2.78. The summed E-state index contributed by atoms with van der Waals surface area (Å²) in [7, 11) is 0. The maximum absolute atomic E-state index is 12.6. The number of aliphatic carboxylic acids is 2. The maximum Gasteiger partial charge on any atom is 0.326 e. The van der Waals surface area contributed by atoms with E-state index in [-0.39, 0.29) is 12.2 Å². The number of benzene rings is 1. The highest BCUT2D eigenvalue weighted by Gasteiger charge is 2.32. The van der Waals surface area contributed by atoms with Gasteiger partial charge in [0.15, 0.2) is 0 Å². The molecule has 12 heteroatoms. The molecule has 3 amide bonds. The van der Waals surface area contributed by atoms with Gasteiger partial charge in [-0.2, -0.15) is 0 Å². The van der Waals surface area contributed by atoms with E-state index in [0.717, 1.165) is 0 Å². The Morgan fingerprint density at radius 1 is 0.912 bits per heavy atom. The number of phenolic OH excluding ortho intramolecular Hbond substituents is 1. The van der Waals surface area contributed by atoms with Gasteiger partial charge in [-0.25, -0.2) is 4.79 Å². The van der Waals surface area contributed by atoms with Gasteiger partial charge in [0.05, 0.1) is 12.5 Å². The zero-order valence-electron chi connectivity index (χ0n) is 19.3. The lowest BCUT2D eigenvalue weighted by atomic mass is 9.98. The first-order valence-corrected chi connectivity index (χ1v) is 10.7. The van der Waals surface area contributed by atoms with Gasteiger partial charge >= 0.3 is 11.9 Å². The summed E-state index contributed by atoms with van der Waals surface area (Å²) in [5.74, 6) is -5.51. The van der Waals surface area contributed by atoms with Gasteiger partial charge in [0.2, 0.25) is 17.7 Å². The highest BCUT2D eigenvalue weighted by molar-refractivity contribution is 5.95. The van der Waals surface area contributed by atoms with Gasteiger partial charge in [-0.15, -0.1) is 0 Å². The van der Waals surface area contributed by atoms with Crippen LogP contribution in [0.5, 0.6) is 5.75 Å². The second-order valence-electron chi connectivity index (χ2n) is 8.08. The number of carboxylic acids is 2. The Morgan fingerprint density at radius 2 is 1.50 bits per heavy atom. The molecule has 0 aliphatic rings. The van der Waals surface area contributed by atoms with Crippen LogP contribution >= 0.6 is 0 Å². The van der Waals surface area contributed by atoms with Crippen LogP contribution in [0.2, 0.25) is 0 Å². The van der Waals surface area contributed by atoms with Crippen LogP contribution in [-0.4, -0.2) is 69.1 Å². The summed E-state index contributed by atoms with van der Waals surface area (Å²) in [4.78, 5) is 60.1. The van der Waals surface area contributed by atoms with Gasteiger partial charge in [-0.1, -0.05) is 32.4 Å². The molecule has 0 spiro atoms. The standard InChI is InChI=1S/C22H32N4O8/c1-4-11(2)18(22(33)34)26-21(32)16(10-17(28)29)25-19(30)12(3)24-20(31)15(23)9-13-5-7-14(27)8-6-13/h5-8,11-12,15-16,18,27H,4,9-10,23H2,1-3H3,(H,24,31)(H,25,30)(H,26,32)(H,28,29)(H,33,34). The Hall–Kier alpha value is -3.67. The topological polar surface area (TPSA) is 208 Å². The van der Waals surface area contributed by atoms with Crippen LogP contribution in [-0.2, 0) is 30.4 Å². The minimum Gasteiger partial charge on any atom is -0.508 e. The minimum atomic E-state index is -1.55. The molecule has 0 aliphatic carbocycles. The van der Waals surface area contributed by atoms with E-state index in [0.29, 0.717) is 12.0 Å². The maximum atomic E-state index is 12.6. The van der Waals surface area contributed by atoms with Crippen molar-refractivity contribution in [2.45, 2.75) is 64.2 Å². The normalized spacial score (nSPS) is 15.2. The van der Waals surface area contributed by atoms with Crippen LogP contribution in [0.15, 0.2) is 24.3 Å². The summed E-state index contributed by atoms with van der Waals surface area (Å²) in [6.45, 7) is 4.68. The second-order valence-corrected chi connectivity index (χ2v) is 8.08. The van der Waals surface area contributed by atoms with E-state index in [1.54, 1.807) is 26.0 Å². The lowest BCUT2D eigenvalue weighted by molar-refractivity contribution is -0.144. The molecule has 0 bridgehead atoms. The number of carboxylic acid groups (broad SMARTS) is 2. The largest absolute Gasteiger partial charge is 0.508 e. The second kappa shape index (κ2) is 13.1. The lowest BCUT2D eigenvalue weighted by Crippen LogP contribution is -2.57. The van der Waals surface area contributed by atoms with Gasteiger partial charge in [-0.3, -0.25) is 19.2 Å². The van der Waals surface area contributed by atoms with E-state index in [9.17, 15) is 34.2 Å². The molecular weight excluding hydrogens is 448 g/mol. The highest BCUT2D eigenvalue weighted by atomic mass is 16.4. The molecule has 0 aliphatic heterocycles. The van der Waals surface area contributed by atoms with Crippen molar-refractivity contribution in [3.05, 3.63) is 29.8 Å². The number of nitrogens with one attached hydrogen (secondary N) is 3. The Labute approximate surface area is 196 Å². The molecule has 5 atom stereocenters. The van der Waals surface area contributed by atoms with Crippen LogP contribution < -0.4 is 21.7 Å². The fourth-order valence-corrected chi connectivity index (χ4v) is 2.98. The van der Waals surface area contributed by atoms with Crippen molar-refractivity contribution in [1.29, 1.82) is 0 Å². The predicted octanol–water partition coefficient (Wildman–Crippen LogP) is -0.658. The van der Waals surface area contributed by atoms with Crippen molar-refractivity contribution in [2.24, 2.45) is 11.7 Å². The van der Waals surface area contributed by atoms with E-state index in [1.807, 2.05) is 0 Å². The lowest BCUT2D eigenvalue weighted by Gasteiger charge is -2.25. The number of hydrogen-bond acceptors (Lipinski definition) is 7. The Bertz CT molecular complexity index is 889. The zero-order chi connectivity index (χ0) is 26.0. The molecule has 12 nitrogen and oxygen atoms in total. The molecule has 0 fully saturated rings. The monoisotopic (exact) mass is 480 g/mol. The average Bonchev–Trinajstić information content (AvgIpc) is 2.76. The number of phenols is 1. The van der Waals surface area contributed by atoms with Crippen molar-refractivity contribution < 1.29 is 39.3 Å². The third-order valence-electron chi connectivity index (χ3n) is 5.27. The predicted molar refractivity (Wildman–Crippen MR) is 121 cm³/mol. The molecular formula is C22H32N4O8. The summed E-state index contributed by atoms with van der Waals surface area (Å²) in [6, 6.07) is 1.09. The van der Waals surface area contributed by atoms with Crippen molar-refractivity contribution in [2.75, 3.05) is 0 Å². The van der Waals surface area contributed by atoms with Gasteiger partial charge in [0.25, 0.3) is 0 Å². The molecule has 34 heavy (non-hydrogen) atoms. The molecule has 0 aromatic heterocycles. The van der Waals surface area contributed by atoms with E-state index in [2.05, 4.69) is 16.0 Å². The molecule has 0 saturated heterocycles. The number of rotatable bonds is 13. The molecule has 8 N–H and O–H groups in total. The molecule has 1 aromatic rings. The number of amides is 3. The number of carbonyl (C=O) groups excluding carboxylic acids is 3. The average molecular weight is 481 g/mol. The molecule has 188 valence electrons. The molecule has 0 saturated carbocycles. The fourth-order valence-electron chi connectivity index (χ4n) is 2.98. The molecule has 0 radical (unpaired) electrons. The summed E-state index contributed by atoms with van der Waals surface area (Å²) in [5.41, 5.74) is 6.56. The van der Waals surface area contributed by atoms with Crippen LogP contribution in [0.4, 0.5) is 0 Å². The number of hydrogen-bond donors (Lipinski definition) is 7. The van der Waals surface area contributed by atoms with Gasteiger partial charge in [0, 0.05) is 0 Å². The zero-order valence-corrected chi connectivity index (χ0v) is 19.3. The number of carbonyl (C=O) groups is 5. The van der Waals surface area contributed by atoms with E-state index >= 15 is 0 Å². The van der Waals surface area contributed by atoms with E-state index < -0.39 is 66.2 Å². The van der Waals surface area contributed by atoms with Crippen LogP contribution in [0.25, 0.3) is 0 Å². The van der Waals surface area contributed by atoms with Crippen molar-refractivity contribution >= 4 is 29.7 Å². The first-order chi connectivity index (χ1) is 15.8. The quantitative estimate of drug-likeness (QED) is 0.191. The number of nitrogens with two attached hydrogens (primary N) is 1. The first-order valence-electron chi connectivity index (χ1n) is 10.7. The summed E-state index contributed by atoms with van der Waals surface area (Å²) < 4.78 is 0. The van der Waals surface area contributed by atoms with Gasteiger partial charge in [-0.05, 0) is 37.0 Å². The van der Waals surface area contributed by atoms with Crippen LogP contribution in [0.1, 0.15) is 39.2 Å². The van der Waals surface area contributed by atoms with Crippen molar-refractivity contribution in [3.8, 4) is 5.75 Å². The molecule has 5 unspecified atom stereocenters. The van der Waals surface area contributed by atoms with Crippen LogP contribution in [0.3, 0.4) is 0 Å². The third-order valence-corrected chi connectivity index (χ3v) is 5.27. The van der Waals surface area contributed by atoms with Gasteiger partial charge in [0.1, 0.15) is 23.9 Å². The van der Waals surface area contributed by atoms with E-state index in [1.165, 1.54) is 19.1 Å². The summed E-state index contributed by atoms with van der Waals surface area (Å²) >= 11 is 0. The van der Waals surface area contributed by atoms with Crippen molar-refractivity contribution in [3.63, 3.8) is 0 Å². The van der Waals surface area contributed by atoms with E-state index in [4.69, 9.17) is 10.8 Å². The molecule has 1 aromatic carbocycles. The molecule has 1 rings (SSSR count). The Kier molecular flexibility index (Phi) is 11.0. The van der Waals surface area contributed by atoms with Crippen molar-refractivity contribution in [1.82, 2.24) is 16.0 Å².